The summed E-state index contributed by atoms with van der Waals surface area (Å²) in [4.78, 5) is 3.98. The Morgan fingerprint density at radius 1 is 1.12 bits per heavy atom. The van der Waals surface area contributed by atoms with Gasteiger partial charge in [0.05, 0.1) is 5.39 Å². The van der Waals surface area contributed by atoms with Gasteiger partial charge in [0.25, 0.3) is 0 Å². The van der Waals surface area contributed by atoms with Crippen LogP contribution in [0.15, 0.2) is 12.1 Å². The Labute approximate surface area is 96.3 Å². The molecule has 2 nitrogen and oxygen atoms in total. The van der Waals surface area contributed by atoms with Gasteiger partial charge in [0.1, 0.15) is 5.52 Å². The lowest BCUT2D eigenvalue weighted by Crippen LogP contribution is -2.02. The molecule has 1 aromatic carbocycles. The molecule has 0 spiro atoms. The van der Waals surface area contributed by atoms with Gasteiger partial charge in [-0.1, -0.05) is 13.8 Å². The molecule has 0 aliphatic rings. The molecular weight excluding hydrogens is 229 g/mol. The lowest BCUT2D eigenvalue weighted by molar-refractivity contribution is 0.505. The van der Waals surface area contributed by atoms with Crippen LogP contribution in [0.2, 0.25) is 0 Å². The third kappa shape index (κ3) is 1.81. The number of pyridine rings is 1. The maximum absolute atomic E-state index is 13.5. The number of nitrogen functional groups attached to an aromatic ring is 1. The average molecular weight is 240 g/mol. The third-order valence-electron chi connectivity index (χ3n) is 2.57. The first-order chi connectivity index (χ1) is 7.91. The van der Waals surface area contributed by atoms with E-state index >= 15 is 0 Å². The Balaban J connectivity index is 2.90. The van der Waals surface area contributed by atoms with Crippen molar-refractivity contribution in [2.75, 3.05) is 5.73 Å². The van der Waals surface area contributed by atoms with Gasteiger partial charge in [0, 0.05) is 17.4 Å². The van der Waals surface area contributed by atoms with Crippen molar-refractivity contribution in [1.82, 2.24) is 4.98 Å². The summed E-state index contributed by atoms with van der Waals surface area (Å²) in [6.07, 6.45) is 0. The van der Waals surface area contributed by atoms with Gasteiger partial charge in [-0.15, -0.1) is 0 Å². The number of hydrogen-bond acceptors (Lipinski definition) is 2. The van der Waals surface area contributed by atoms with Crippen molar-refractivity contribution in [3.63, 3.8) is 0 Å². The van der Waals surface area contributed by atoms with Crippen molar-refractivity contribution in [1.29, 1.82) is 0 Å². The minimum Gasteiger partial charge on any atom is -0.398 e. The van der Waals surface area contributed by atoms with Crippen LogP contribution >= 0.6 is 0 Å². The molecule has 0 saturated carbocycles. The monoisotopic (exact) mass is 240 g/mol. The van der Waals surface area contributed by atoms with Crippen LogP contribution in [0.4, 0.5) is 18.9 Å². The van der Waals surface area contributed by atoms with Crippen LogP contribution in [0, 0.1) is 17.5 Å². The van der Waals surface area contributed by atoms with Crippen molar-refractivity contribution < 1.29 is 13.2 Å². The number of fused-ring (bicyclic) bond motifs is 1. The molecule has 2 N–H and O–H groups in total. The van der Waals surface area contributed by atoms with Crippen LogP contribution in [0.1, 0.15) is 25.5 Å². The quantitative estimate of drug-likeness (QED) is 0.776. The van der Waals surface area contributed by atoms with E-state index in [1.165, 1.54) is 6.07 Å². The van der Waals surface area contributed by atoms with E-state index in [9.17, 15) is 13.2 Å². The van der Waals surface area contributed by atoms with Gasteiger partial charge in [-0.3, -0.25) is 0 Å². The van der Waals surface area contributed by atoms with Crippen molar-refractivity contribution >= 4 is 16.6 Å². The molecule has 1 aromatic heterocycles. The molecule has 5 heteroatoms. The van der Waals surface area contributed by atoms with Gasteiger partial charge in [-0.05, 0) is 12.0 Å². The minimum absolute atomic E-state index is 0.00500. The molecule has 0 aliphatic carbocycles. The summed E-state index contributed by atoms with van der Waals surface area (Å²) < 4.78 is 40.1. The van der Waals surface area contributed by atoms with Crippen LogP contribution in [0.3, 0.4) is 0 Å². The zero-order valence-electron chi connectivity index (χ0n) is 9.39. The Morgan fingerprint density at radius 2 is 1.76 bits per heavy atom. The lowest BCUT2D eigenvalue weighted by Gasteiger charge is -2.10. The molecule has 0 fully saturated rings. The van der Waals surface area contributed by atoms with Gasteiger partial charge >= 0.3 is 0 Å². The maximum Gasteiger partial charge on any atom is 0.170 e. The van der Waals surface area contributed by atoms with Crippen LogP contribution in [0.25, 0.3) is 10.9 Å². The number of hydrogen-bond donors (Lipinski definition) is 1. The Bertz CT molecular complexity index is 594. The van der Waals surface area contributed by atoms with Gasteiger partial charge in [0.2, 0.25) is 0 Å². The second-order valence-electron chi connectivity index (χ2n) is 4.17. The molecule has 0 bridgehead atoms. The summed E-state index contributed by atoms with van der Waals surface area (Å²) in [6, 6.07) is 1.92. The Hall–Kier alpha value is -1.78. The number of anilines is 1. The smallest absolute Gasteiger partial charge is 0.170 e. The van der Waals surface area contributed by atoms with E-state index in [1.807, 2.05) is 13.8 Å². The van der Waals surface area contributed by atoms with Gasteiger partial charge in [-0.25, -0.2) is 18.2 Å². The number of rotatable bonds is 1. The summed E-state index contributed by atoms with van der Waals surface area (Å²) in [5, 5.41) is -0.299. The highest BCUT2D eigenvalue weighted by atomic mass is 19.2. The molecular formula is C12H11F3N2. The van der Waals surface area contributed by atoms with Crippen molar-refractivity contribution in [2.45, 2.75) is 19.8 Å². The van der Waals surface area contributed by atoms with Crippen LogP contribution in [-0.4, -0.2) is 4.98 Å². The third-order valence-corrected chi connectivity index (χ3v) is 2.57. The maximum atomic E-state index is 13.5. The second kappa shape index (κ2) is 3.91. The second-order valence-corrected chi connectivity index (χ2v) is 4.17. The standard InChI is InChI=1S/C12H11F3N2/c1-5(2)9-4-8(16)10-11(15)6(13)3-7(14)12(10)17-9/h3-5H,1-2H3,(H2,16,17). The molecule has 1 heterocycles. The fourth-order valence-corrected chi connectivity index (χ4v) is 1.65. The molecule has 0 aliphatic heterocycles. The molecule has 0 unspecified atom stereocenters. The van der Waals surface area contributed by atoms with E-state index in [0.717, 1.165) is 0 Å². The topological polar surface area (TPSA) is 38.9 Å². The highest BCUT2D eigenvalue weighted by Crippen LogP contribution is 2.29. The molecule has 0 atom stereocenters. The normalized spacial score (nSPS) is 11.4. The molecule has 2 rings (SSSR count). The van der Waals surface area contributed by atoms with E-state index < -0.39 is 17.5 Å². The fourth-order valence-electron chi connectivity index (χ4n) is 1.65. The van der Waals surface area contributed by atoms with Crippen molar-refractivity contribution in [3.8, 4) is 0 Å². The van der Waals surface area contributed by atoms with Crippen molar-refractivity contribution in [2.24, 2.45) is 0 Å². The molecule has 0 saturated heterocycles. The highest BCUT2D eigenvalue weighted by Gasteiger charge is 2.17. The van der Waals surface area contributed by atoms with E-state index in [1.54, 1.807) is 0 Å². The van der Waals surface area contributed by atoms with Crippen LogP contribution in [0.5, 0.6) is 0 Å². The number of benzene rings is 1. The summed E-state index contributed by atoms with van der Waals surface area (Å²) in [6.45, 7) is 3.71. The summed E-state index contributed by atoms with van der Waals surface area (Å²) in [5.41, 5.74) is 5.93. The SMILES string of the molecule is CC(C)c1cc(N)c2c(F)c(F)cc(F)c2n1. The van der Waals surface area contributed by atoms with Gasteiger partial charge in [0.15, 0.2) is 17.5 Å². The van der Waals surface area contributed by atoms with Crippen LogP contribution < -0.4 is 5.73 Å². The Kier molecular flexibility index (Phi) is 2.69. The predicted octanol–water partition coefficient (Wildman–Crippen LogP) is 3.36. The molecule has 17 heavy (non-hydrogen) atoms. The average Bonchev–Trinajstić information content (AvgIpc) is 2.25. The predicted molar refractivity (Wildman–Crippen MR) is 60.1 cm³/mol. The molecule has 0 amide bonds. The first kappa shape index (κ1) is 11.7. The number of halogens is 3. The zero-order chi connectivity index (χ0) is 12.7. The minimum atomic E-state index is -1.26. The van der Waals surface area contributed by atoms with Gasteiger partial charge < -0.3 is 5.73 Å². The van der Waals surface area contributed by atoms with Crippen LogP contribution in [-0.2, 0) is 0 Å². The van der Waals surface area contributed by atoms with E-state index in [-0.39, 0.29) is 22.5 Å². The molecule has 90 valence electrons. The van der Waals surface area contributed by atoms with E-state index in [0.29, 0.717) is 11.8 Å². The van der Waals surface area contributed by atoms with E-state index in [4.69, 9.17) is 5.73 Å². The fraction of sp³-hybridized carbons (Fsp3) is 0.250. The van der Waals surface area contributed by atoms with E-state index in [2.05, 4.69) is 4.98 Å². The zero-order valence-corrected chi connectivity index (χ0v) is 9.39. The number of nitrogens with two attached hydrogens (primary N) is 1. The first-order valence-electron chi connectivity index (χ1n) is 5.15. The first-order valence-corrected chi connectivity index (χ1v) is 5.15. The van der Waals surface area contributed by atoms with Gasteiger partial charge in [-0.2, -0.15) is 0 Å². The summed E-state index contributed by atoms with van der Waals surface area (Å²) in [7, 11) is 0. The molecule has 2 aromatic rings. The summed E-state index contributed by atoms with van der Waals surface area (Å²) >= 11 is 0. The summed E-state index contributed by atoms with van der Waals surface area (Å²) in [5.74, 6) is -3.31. The number of nitrogens with zero attached hydrogens (tertiary/aromatic N) is 1. The highest BCUT2D eigenvalue weighted by molar-refractivity contribution is 5.91. The van der Waals surface area contributed by atoms with Crippen molar-refractivity contribution in [3.05, 3.63) is 35.3 Å². The number of aromatic nitrogens is 1. The Morgan fingerprint density at radius 3 is 2.35 bits per heavy atom. The molecule has 0 radical (unpaired) electrons. The largest absolute Gasteiger partial charge is 0.398 e. The lowest BCUT2D eigenvalue weighted by atomic mass is 10.1.